The van der Waals surface area contributed by atoms with E-state index in [1.807, 2.05) is 6.08 Å². The summed E-state index contributed by atoms with van der Waals surface area (Å²) in [4.78, 5) is 38.0. The Kier molecular flexibility index (Phi) is 9.71. The quantitative estimate of drug-likeness (QED) is 0.141. The molecule has 52 heavy (non-hydrogen) atoms. The smallest absolute Gasteiger partial charge is 0.344 e. The fourth-order valence-electron chi connectivity index (χ4n) is 15.5. The van der Waals surface area contributed by atoms with Crippen molar-refractivity contribution in [1.29, 1.82) is 0 Å². The van der Waals surface area contributed by atoms with Crippen LogP contribution in [-0.2, 0) is 28.6 Å². The number of allylic oxidation sites excluding steroid dienone is 4. The van der Waals surface area contributed by atoms with Crippen LogP contribution < -0.4 is 0 Å². The van der Waals surface area contributed by atoms with E-state index in [1.165, 1.54) is 89.9 Å². The lowest BCUT2D eigenvalue weighted by molar-refractivity contribution is -0.211. The first kappa shape index (κ1) is 35.6. The highest BCUT2D eigenvalue weighted by Crippen LogP contribution is 2.68. The van der Waals surface area contributed by atoms with Gasteiger partial charge in [-0.2, -0.15) is 0 Å². The van der Waals surface area contributed by atoms with Gasteiger partial charge in [0.2, 0.25) is 0 Å². The summed E-state index contributed by atoms with van der Waals surface area (Å²) in [5.74, 6) is 4.95. The Morgan fingerprint density at radius 1 is 0.500 bits per heavy atom. The van der Waals surface area contributed by atoms with Crippen LogP contribution in [0.3, 0.4) is 0 Å². The minimum absolute atomic E-state index is 0.0959. The van der Waals surface area contributed by atoms with E-state index in [0.29, 0.717) is 5.41 Å². The summed E-state index contributed by atoms with van der Waals surface area (Å²) in [6, 6.07) is 0. The van der Waals surface area contributed by atoms with Crippen molar-refractivity contribution in [2.24, 2.45) is 58.2 Å². The summed E-state index contributed by atoms with van der Waals surface area (Å²) in [6.07, 6.45) is 39.5. The molecule has 0 amide bonds. The summed E-state index contributed by atoms with van der Waals surface area (Å²) >= 11 is 0. The van der Waals surface area contributed by atoms with Gasteiger partial charge in [-0.25, -0.2) is 4.79 Å². The van der Waals surface area contributed by atoms with Gasteiger partial charge in [-0.3, -0.25) is 9.59 Å². The molecule has 12 rings (SSSR count). The average molecular weight is 715 g/mol. The standard InChI is InChI=1S/C24H34O4.C22H32O2/c25-21(16-27-22(26)20-6-2-1-3-7-20)28-24(8-4-5-9-24)23-13-17-10-18(14-23)12-19(11-17)15-23;23-20(19-6-2-1-3-7-19)24-22(8-4-5-9-22)21-13-16-10-17(14-21)12-18(11-16)15-21/h1-2,17-20H,3-16H2;1-2,16-19H,3-15H2. The number of esters is 3. The fraction of sp³-hybridized carbons (Fsp3) is 0.848. The zero-order valence-electron chi connectivity index (χ0n) is 32.0. The molecule has 12 aliphatic rings. The Morgan fingerprint density at radius 2 is 0.885 bits per heavy atom. The molecule has 6 nitrogen and oxygen atoms in total. The van der Waals surface area contributed by atoms with Crippen LogP contribution in [0.4, 0.5) is 0 Å². The average Bonchev–Trinajstić information content (AvgIpc) is 3.83. The van der Waals surface area contributed by atoms with Crippen molar-refractivity contribution < 1.29 is 28.6 Å². The van der Waals surface area contributed by atoms with Crippen LogP contribution in [0.2, 0.25) is 0 Å². The zero-order chi connectivity index (χ0) is 35.4. The summed E-state index contributed by atoms with van der Waals surface area (Å²) in [7, 11) is 0. The van der Waals surface area contributed by atoms with E-state index in [0.717, 1.165) is 113 Å². The first-order chi connectivity index (χ1) is 25.3. The summed E-state index contributed by atoms with van der Waals surface area (Å²) in [5, 5.41) is 0. The molecule has 0 heterocycles. The molecule has 0 aliphatic heterocycles. The minimum Gasteiger partial charge on any atom is -0.458 e. The molecule has 10 fully saturated rings. The number of carbonyl (C=O) groups is 3. The van der Waals surface area contributed by atoms with Crippen LogP contribution >= 0.6 is 0 Å². The first-order valence-corrected chi connectivity index (χ1v) is 22.2. The maximum absolute atomic E-state index is 13.0. The van der Waals surface area contributed by atoms with E-state index < -0.39 is 0 Å². The molecule has 10 saturated carbocycles. The molecule has 8 bridgehead atoms. The lowest BCUT2D eigenvalue weighted by Gasteiger charge is -2.62. The molecule has 286 valence electrons. The molecule has 6 heteroatoms. The Hall–Kier alpha value is -2.11. The molecule has 0 aromatic carbocycles. The van der Waals surface area contributed by atoms with Crippen LogP contribution in [0.25, 0.3) is 0 Å². The largest absolute Gasteiger partial charge is 0.458 e. The number of carbonyl (C=O) groups excluding carboxylic acids is 3. The number of rotatable bonds is 8. The summed E-state index contributed by atoms with van der Waals surface area (Å²) in [5.41, 5.74) is 0.159. The van der Waals surface area contributed by atoms with Gasteiger partial charge in [0.05, 0.1) is 11.8 Å². The third-order valence-corrected chi connectivity index (χ3v) is 17.0. The number of hydrogen-bond acceptors (Lipinski definition) is 6. The van der Waals surface area contributed by atoms with Gasteiger partial charge in [-0.05, 0) is 202 Å². The van der Waals surface area contributed by atoms with Gasteiger partial charge in [0.1, 0.15) is 11.2 Å². The van der Waals surface area contributed by atoms with Crippen LogP contribution in [0.1, 0.15) is 167 Å². The molecule has 2 atom stereocenters. The summed E-state index contributed by atoms with van der Waals surface area (Å²) < 4.78 is 18.2. The minimum atomic E-state index is -0.322. The van der Waals surface area contributed by atoms with Crippen molar-refractivity contribution in [1.82, 2.24) is 0 Å². The third kappa shape index (κ3) is 6.54. The highest BCUT2D eigenvalue weighted by molar-refractivity contribution is 5.78. The predicted molar refractivity (Wildman–Crippen MR) is 200 cm³/mol. The topological polar surface area (TPSA) is 78.9 Å². The van der Waals surface area contributed by atoms with Gasteiger partial charge in [0, 0.05) is 10.8 Å². The maximum Gasteiger partial charge on any atom is 0.344 e. The number of hydrogen-bond donors (Lipinski definition) is 0. The summed E-state index contributed by atoms with van der Waals surface area (Å²) in [6.45, 7) is -0.215. The van der Waals surface area contributed by atoms with E-state index in [4.69, 9.17) is 14.2 Å². The lowest BCUT2D eigenvalue weighted by Crippen LogP contribution is -2.59. The van der Waals surface area contributed by atoms with Crippen LogP contribution in [0.15, 0.2) is 24.3 Å². The molecule has 0 aromatic heterocycles. The fourth-order valence-corrected chi connectivity index (χ4v) is 15.5. The third-order valence-electron chi connectivity index (χ3n) is 17.0. The maximum atomic E-state index is 13.0. The van der Waals surface area contributed by atoms with Gasteiger partial charge < -0.3 is 14.2 Å². The van der Waals surface area contributed by atoms with E-state index in [2.05, 4.69) is 18.2 Å². The van der Waals surface area contributed by atoms with Gasteiger partial charge in [0.15, 0.2) is 6.61 Å². The Labute approximate surface area is 313 Å². The molecule has 12 aliphatic carbocycles. The van der Waals surface area contributed by atoms with E-state index in [1.54, 1.807) is 0 Å². The highest BCUT2D eigenvalue weighted by Gasteiger charge is 2.64. The molecule has 0 radical (unpaired) electrons. The Balaban J connectivity index is 0.000000140. The SMILES string of the molecule is O=C(COC(=O)C1CC=CCC1)OC1(C23CC4CC(CC(C4)C2)C3)CCCC1.O=C(OC1(C23CC4CC(CC(C4)C2)C3)CCCC1)C1CC=CCC1. The molecule has 2 unspecified atom stereocenters. The van der Waals surface area contributed by atoms with Crippen molar-refractivity contribution in [3.05, 3.63) is 24.3 Å². The van der Waals surface area contributed by atoms with Crippen molar-refractivity contribution in [2.75, 3.05) is 6.61 Å². The van der Waals surface area contributed by atoms with E-state index in [-0.39, 0.29) is 53.0 Å². The Morgan fingerprint density at radius 3 is 1.27 bits per heavy atom. The zero-order valence-corrected chi connectivity index (χ0v) is 32.0. The Bertz CT molecular complexity index is 1340. The normalized spacial score (nSPS) is 42.8. The molecular formula is C46H66O6. The van der Waals surface area contributed by atoms with Crippen LogP contribution in [0, 0.1) is 58.2 Å². The van der Waals surface area contributed by atoms with Crippen molar-refractivity contribution in [2.45, 2.75) is 178 Å². The van der Waals surface area contributed by atoms with Crippen molar-refractivity contribution in [3.8, 4) is 0 Å². The second-order valence-electron chi connectivity index (χ2n) is 20.3. The van der Waals surface area contributed by atoms with Gasteiger partial charge in [-0.15, -0.1) is 0 Å². The highest BCUT2D eigenvalue weighted by atomic mass is 16.6. The molecule has 0 saturated heterocycles. The molecular weight excluding hydrogens is 649 g/mol. The molecule has 0 N–H and O–H groups in total. The lowest BCUT2D eigenvalue weighted by atomic mass is 9.45. The monoisotopic (exact) mass is 714 g/mol. The predicted octanol–water partition coefficient (Wildman–Crippen LogP) is 10.4. The van der Waals surface area contributed by atoms with Gasteiger partial charge in [-0.1, -0.05) is 24.3 Å². The van der Waals surface area contributed by atoms with Gasteiger partial charge >= 0.3 is 17.9 Å². The van der Waals surface area contributed by atoms with Crippen molar-refractivity contribution >= 4 is 17.9 Å². The second-order valence-corrected chi connectivity index (χ2v) is 20.3. The molecule has 0 aromatic rings. The van der Waals surface area contributed by atoms with Crippen LogP contribution in [0.5, 0.6) is 0 Å². The van der Waals surface area contributed by atoms with Crippen molar-refractivity contribution in [3.63, 3.8) is 0 Å². The van der Waals surface area contributed by atoms with E-state index >= 15 is 0 Å². The first-order valence-electron chi connectivity index (χ1n) is 22.2. The second kappa shape index (κ2) is 14.2. The molecule has 0 spiro atoms. The van der Waals surface area contributed by atoms with E-state index in [9.17, 15) is 14.4 Å². The number of ether oxygens (including phenoxy) is 3. The van der Waals surface area contributed by atoms with Crippen LogP contribution in [-0.4, -0.2) is 35.7 Å². The van der Waals surface area contributed by atoms with Gasteiger partial charge in [0.25, 0.3) is 0 Å².